The van der Waals surface area contributed by atoms with Crippen molar-refractivity contribution in [1.82, 2.24) is 5.32 Å². The molecular weight excluding hydrogens is 231 g/mol. The molecule has 0 saturated heterocycles. The molecule has 0 aromatic rings. The predicted molar refractivity (Wildman–Crippen MR) is 59.4 cm³/mol. The molecule has 0 aromatic carbocycles. The molecule has 5 heteroatoms. The Hall–Kier alpha value is -0.740. The Labute approximate surface area is 100.0 Å². The summed E-state index contributed by atoms with van der Waals surface area (Å²) in [6, 6.07) is -0.331. The lowest BCUT2D eigenvalue weighted by molar-refractivity contribution is -0.184. The first-order chi connectivity index (χ1) is 7.60. The summed E-state index contributed by atoms with van der Waals surface area (Å²) in [6.07, 6.45) is -2.75. The summed E-state index contributed by atoms with van der Waals surface area (Å²) in [7, 11) is 0. The van der Waals surface area contributed by atoms with Gasteiger partial charge in [-0.15, -0.1) is 0 Å². The molecule has 100 valence electrons. The number of amides is 1. The average molecular weight is 251 g/mol. The van der Waals surface area contributed by atoms with Crippen molar-refractivity contribution < 1.29 is 18.0 Å². The monoisotopic (exact) mass is 251 g/mol. The average Bonchev–Trinajstić information content (AvgIpc) is 2.15. The molecule has 0 aliphatic heterocycles. The molecule has 1 aliphatic carbocycles. The minimum Gasteiger partial charge on any atom is -0.353 e. The van der Waals surface area contributed by atoms with Gasteiger partial charge >= 0.3 is 6.18 Å². The van der Waals surface area contributed by atoms with Gasteiger partial charge in [0.2, 0.25) is 5.91 Å². The van der Waals surface area contributed by atoms with E-state index in [1.54, 1.807) is 20.8 Å². The lowest BCUT2D eigenvalue weighted by Crippen LogP contribution is -2.45. The SMILES string of the molecule is CC(C)(C)C(=O)N[C@@H]1CCC[C@@H](C(F)(F)F)C1. The highest BCUT2D eigenvalue weighted by Gasteiger charge is 2.42. The molecule has 1 fully saturated rings. The summed E-state index contributed by atoms with van der Waals surface area (Å²) in [5.74, 6) is -1.44. The highest BCUT2D eigenvalue weighted by Crippen LogP contribution is 2.37. The Morgan fingerprint density at radius 3 is 2.24 bits per heavy atom. The maximum atomic E-state index is 12.6. The van der Waals surface area contributed by atoms with Crippen molar-refractivity contribution in [3.63, 3.8) is 0 Å². The number of nitrogens with one attached hydrogen (secondary N) is 1. The minimum atomic E-state index is -4.13. The standard InChI is InChI=1S/C12H20F3NO/c1-11(2,3)10(17)16-9-6-4-5-8(7-9)12(13,14)15/h8-9H,4-7H2,1-3H3,(H,16,17)/t8-,9-/m1/s1. The van der Waals surface area contributed by atoms with Crippen LogP contribution in [0, 0.1) is 11.3 Å². The molecular formula is C12H20F3NO. The lowest BCUT2D eigenvalue weighted by atomic mass is 9.84. The van der Waals surface area contributed by atoms with Gasteiger partial charge in [-0.05, 0) is 19.3 Å². The number of alkyl halides is 3. The Morgan fingerprint density at radius 2 is 1.76 bits per heavy atom. The van der Waals surface area contributed by atoms with Crippen molar-refractivity contribution in [2.75, 3.05) is 0 Å². The van der Waals surface area contributed by atoms with E-state index in [0.717, 1.165) is 0 Å². The summed E-state index contributed by atoms with van der Waals surface area (Å²) >= 11 is 0. The van der Waals surface area contributed by atoms with E-state index in [2.05, 4.69) is 5.32 Å². The van der Waals surface area contributed by atoms with Gasteiger partial charge in [-0.2, -0.15) is 13.2 Å². The number of hydrogen-bond donors (Lipinski definition) is 1. The van der Waals surface area contributed by atoms with E-state index >= 15 is 0 Å². The van der Waals surface area contributed by atoms with E-state index in [4.69, 9.17) is 0 Å². The van der Waals surface area contributed by atoms with Crippen molar-refractivity contribution in [3.05, 3.63) is 0 Å². The molecule has 0 spiro atoms. The molecule has 0 bridgehead atoms. The first kappa shape index (κ1) is 14.3. The summed E-state index contributed by atoms with van der Waals surface area (Å²) in [4.78, 5) is 11.7. The van der Waals surface area contributed by atoms with Gasteiger partial charge in [0.05, 0.1) is 5.92 Å². The molecule has 1 aliphatic rings. The molecule has 17 heavy (non-hydrogen) atoms. The zero-order valence-electron chi connectivity index (χ0n) is 10.5. The minimum absolute atomic E-state index is 0.0192. The Bertz CT molecular complexity index is 280. The van der Waals surface area contributed by atoms with Crippen LogP contribution in [0.25, 0.3) is 0 Å². The van der Waals surface area contributed by atoms with Crippen molar-refractivity contribution in [2.24, 2.45) is 11.3 Å². The van der Waals surface area contributed by atoms with Crippen molar-refractivity contribution in [1.29, 1.82) is 0 Å². The summed E-state index contributed by atoms with van der Waals surface area (Å²) in [5, 5.41) is 2.72. The maximum Gasteiger partial charge on any atom is 0.391 e. The number of halogens is 3. The molecule has 2 nitrogen and oxygen atoms in total. The zero-order valence-corrected chi connectivity index (χ0v) is 10.5. The molecule has 0 unspecified atom stereocenters. The van der Waals surface area contributed by atoms with Gasteiger partial charge in [0.1, 0.15) is 0 Å². The normalized spacial score (nSPS) is 26.7. The molecule has 1 saturated carbocycles. The number of rotatable bonds is 1. The Balaban J connectivity index is 2.54. The second-order valence-corrected chi connectivity index (χ2v) is 5.83. The van der Waals surface area contributed by atoms with E-state index in [9.17, 15) is 18.0 Å². The van der Waals surface area contributed by atoms with Crippen LogP contribution in [0.4, 0.5) is 13.2 Å². The van der Waals surface area contributed by atoms with Gasteiger partial charge in [0, 0.05) is 11.5 Å². The van der Waals surface area contributed by atoms with Gasteiger partial charge in [-0.25, -0.2) is 0 Å². The molecule has 1 rings (SSSR count). The maximum absolute atomic E-state index is 12.6. The summed E-state index contributed by atoms with van der Waals surface area (Å²) in [6.45, 7) is 5.27. The molecule has 1 N–H and O–H groups in total. The van der Waals surface area contributed by atoms with E-state index in [0.29, 0.717) is 12.8 Å². The van der Waals surface area contributed by atoms with E-state index in [-0.39, 0.29) is 24.8 Å². The molecule has 0 heterocycles. The van der Waals surface area contributed by atoms with Crippen molar-refractivity contribution >= 4 is 5.91 Å². The van der Waals surface area contributed by atoms with Gasteiger partial charge in [-0.3, -0.25) is 4.79 Å². The van der Waals surface area contributed by atoms with Crippen LogP contribution in [0.5, 0.6) is 0 Å². The first-order valence-electron chi connectivity index (χ1n) is 5.98. The van der Waals surface area contributed by atoms with Crippen molar-refractivity contribution in [3.8, 4) is 0 Å². The zero-order chi connectivity index (χ0) is 13.3. The van der Waals surface area contributed by atoms with Crippen LogP contribution >= 0.6 is 0 Å². The topological polar surface area (TPSA) is 29.1 Å². The molecule has 0 radical (unpaired) electrons. The van der Waals surface area contributed by atoms with Crippen LogP contribution < -0.4 is 5.32 Å². The second kappa shape index (κ2) is 4.86. The fourth-order valence-electron chi connectivity index (χ4n) is 2.02. The van der Waals surface area contributed by atoms with E-state index in [1.807, 2.05) is 0 Å². The lowest BCUT2D eigenvalue weighted by Gasteiger charge is -2.32. The highest BCUT2D eigenvalue weighted by molar-refractivity contribution is 5.81. The van der Waals surface area contributed by atoms with E-state index in [1.165, 1.54) is 0 Å². The Morgan fingerprint density at radius 1 is 1.18 bits per heavy atom. The number of hydrogen-bond acceptors (Lipinski definition) is 1. The van der Waals surface area contributed by atoms with Crippen molar-refractivity contribution in [2.45, 2.75) is 58.7 Å². The molecule has 2 atom stereocenters. The van der Waals surface area contributed by atoms with E-state index < -0.39 is 17.5 Å². The molecule has 0 aromatic heterocycles. The Kier molecular flexibility index (Phi) is 4.10. The third-order valence-corrected chi connectivity index (χ3v) is 3.15. The fraction of sp³-hybridized carbons (Fsp3) is 0.917. The van der Waals surface area contributed by atoms with Crippen LogP contribution in [0.2, 0.25) is 0 Å². The quantitative estimate of drug-likeness (QED) is 0.761. The van der Waals surface area contributed by atoms with Crippen LogP contribution in [0.3, 0.4) is 0 Å². The summed E-state index contributed by atoms with van der Waals surface area (Å²) < 4.78 is 37.7. The van der Waals surface area contributed by atoms with Gasteiger partial charge in [0.25, 0.3) is 0 Å². The third kappa shape index (κ3) is 4.21. The predicted octanol–water partition coefficient (Wildman–Crippen LogP) is 3.27. The van der Waals surface area contributed by atoms with Crippen LogP contribution in [-0.4, -0.2) is 18.1 Å². The van der Waals surface area contributed by atoms with Crippen LogP contribution in [-0.2, 0) is 4.79 Å². The van der Waals surface area contributed by atoms with Crippen LogP contribution in [0.15, 0.2) is 0 Å². The van der Waals surface area contributed by atoms with Crippen LogP contribution in [0.1, 0.15) is 46.5 Å². The van der Waals surface area contributed by atoms with Gasteiger partial charge in [-0.1, -0.05) is 27.2 Å². The smallest absolute Gasteiger partial charge is 0.353 e. The van der Waals surface area contributed by atoms with Gasteiger partial charge in [0.15, 0.2) is 0 Å². The number of carbonyl (C=O) groups is 1. The second-order valence-electron chi connectivity index (χ2n) is 5.83. The first-order valence-corrected chi connectivity index (χ1v) is 5.98. The highest BCUT2D eigenvalue weighted by atomic mass is 19.4. The summed E-state index contributed by atoms with van der Waals surface area (Å²) in [5.41, 5.74) is -0.550. The number of carbonyl (C=O) groups excluding carboxylic acids is 1. The fourth-order valence-corrected chi connectivity index (χ4v) is 2.02. The molecule has 1 amide bonds. The largest absolute Gasteiger partial charge is 0.391 e. The third-order valence-electron chi connectivity index (χ3n) is 3.15. The van der Waals surface area contributed by atoms with Gasteiger partial charge < -0.3 is 5.32 Å².